The smallest absolute Gasteiger partial charge is 0.151 e. The fourth-order valence-corrected chi connectivity index (χ4v) is 13.6. The quantitative estimate of drug-likeness (QED) is 0.167. The minimum Gasteiger partial charge on any atom is -0.455 e. The Bertz CT molecular complexity index is 2490. The van der Waals surface area contributed by atoms with Crippen molar-refractivity contribution in [3.8, 4) is 34.1 Å². The van der Waals surface area contributed by atoms with Crippen molar-refractivity contribution in [1.82, 2.24) is 0 Å². The summed E-state index contributed by atoms with van der Waals surface area (Å²) in [7, 11) is -2.07. The van der Waals surface area contributed by atoms with E-state index < -0.39 is 8.07 Å². The van der Waals surface area contributed by atoms with Crippen LogP contribution in [0, 0.1) is 0 Å². The van der Waals surface area contributed by atoms with Crippen molar-refractivity contribution in [2.24, 2.45) is 0 Å². The van der Waals surface area contributed by atoms with Gasteiger partial charge in [-0.05, 0) is 87.2 Å². The number of ether oxygens (including phenoxy) is 2. The fraction of sp³-hybridized carbons (Fsp3) is 0.106. The highest BCUT2D eigenvalue weighted by Gasteiger charge is 2.40. The van der Waals surface area contributed by atoms with E-state index in [2.05, 4.69) is 171 Å². The molecule has 7 aromatic rings. The highest BCUT2D eigenvalue weighted by molar-refractivity contribution is 8.00. The molecule has 53 heavy (non-hydrogen) atoms. The molecule has 0 bridgehead atoms. The van der Waals surface area contributed by atoms with Crippen LogP contribution in [0.15, 0.2) is 171 Å². The Morgan fingerprint density at radius 2 is 1.13 bits per heavy atom. The number of hydrogen-bond acceptors (Lipinski definition) is 5. The summed E-state index contributed by atoms with van der Waals surface area (Å²) in [6.45, 7) is 9.59. The molecule has 0 spiro atoms. The Morgan fingerprint density at radius 1 is 0.509 bits per heavy atom. The molecule has 0 unspecified atom stereocenters. The van der Waals surface area contributed by atoms with Crippen molar-refractivity contribution < 1.29 is 9.47 Å². The number of nitrogens with zero attached hydrogens (tertiary/aromatic N) is 1. The third-order valence-electron chi connectivity index (χ3n) is 11.1. The molecule has 3 nitrogen and oxygen atoms in total. The lowest BCUT2D eigenvalue weighted by molar-refractivity contribution is 0.455. The SMILES string of the molecule is CC1(C)c2ccccc2Sc2c(N(c3ccc(-c4cccc5c4Sc4ccccc4O5)cc3)c3cccc4c3Oc3ccccc3[Si]4(C)C)cccc21. The number of benzene rings is 7. The molecule has 0 saturated carbocycles. The van der Waals surface area contributed by atoms with Gasteiger partial charge in [-0.15, -0.1) is 0 Å². The predicted molar refractivity (Wildman–Crippen MR) is 223 cm³/mol. The maximum Gasteiger partial charge on any atom is 0.151 e. The van der Waals surface area contributed by atoms with E-state index in [1.807, 2.05) is 23.9 Å². The third-order valence-corrected chi connectivity index (χ3v) is 17.0. The molecule has 3 aliphatic rings. The summed E-state index contributed by atoms with van der Waals surface area (Å²) in [6.07, 6.45) is 0. The van der Waals surface area contributed by atoms with Crippen LogP contribution in [-0.2, 0) is 5.41 Å². The van der Waals surface area contributed by atoms with E-state index in [0.29, 0.717) is 0 Å². The zero-order valence-corrected chi connectivity index (χ0v) is 32.6. The van der Waals surface area contributed by atoms with Gasteiger partial charge in [0, 0.05) is 20.9 Å². The molecule has 0 aliphatic carbocycles. The van der Waals surface area contributed by atoms with Gasteiger partial charge < -0.3 is 14.4 Å². The molecule has 258 valence electrons. The molecule has 0 atom stereocenters. The van der Waals surface area contributed by atoms with Crippen LogP contribution in [0.3, 0.4) is 0 Å². The second-order valence-corrected chi connectivity index (χ2v) is 21.4. The zero-order chi connectivity index (χ0) is 35.9. The van der Waals surface area contributed by atoms with Crippen LogP contribution in [-0.4, -0.2) is 8.07 Å². The number of fused-ring (bicyclic) bond motifs is 6. The second kappa shape index (κ2) is 12.2. The molecule has 0 radical (unpaired) electrons. The van der Waals surface area contributed by atoms with Gasteiger partial charge in [0.05, 0.1) is 21.2 Å². The summed E-state index contributed by atoms with van der Waals surface area (Å²) < 4.78 is 13.3. The Labute approximate surface area is 320 Å². The Balaban J connectivity index is 1.15. The average Bonchev–Trinajstić information content (AvgIpc) is 3.18. The van der Waals surface area contributed by atoms with Gasteiger partial charge in [0.25, 0.3) is 0 Å². The molecule has 0 N–H and O–H groups in total. The first-order valence-electron chi connectivity index (χ1n) is 18.1. The summed E-state index contributed by atoms with van der Waals surface area (Å²) in [5.41, 5.74) is 8.13. The number of anilines is 3. The van der Waals surface area contributed by atoms with Gasteiger partial charge in [0.1, 0.15) is 25.3 Å². The van der Waals surface area contributed by atoms with Crippen molar-refractivity contribution in [1.29, 1.82) is 0 Å². The molecule has 10 rings (SSSR count). The minimum atomic E-state index is -2.07. The van der Waals surface area contributed by atoms with E-state index in [9.17, 15) is 0 Å². The van der Waals surface area contributed by atoms with Crippen LogP contribution in [0.4, 0.5) is 17.1 Å². The van der Waals surface area contributed by atoms with Gasteiger partial charge in [-0.25, -0.2) is 0 Å². The standard InChI is InChI=1S/C47H37NO2S2Si/c1-47(2)33-15-5-8-22-40(33)51-46-34(47)16-12-18-36(46)48(35-17-13-25-43-44(35)50-38-20-7-10-24-42(38)53(43,3)4)31-28-26-30(27-29-31)32-14-11-21-39-45(32)52-41-23-9-6-19-37(41)49-39/h5-29H,1-4H3. The van der Waals surface area contributed by atoms with Crippen LogP contribution in [0.25, 0.3) is 11.1 Å². The summed E-state index contributed by atoms with van der Waals surface area (Å²) in [5.74, 6) is 3.72. The Morgan fingerprint density at radius 3 is 1.98 bits per heavy atom. The van der Waals surface area contributed by atoms with Crippen LogP contribution < -0.4 is 24.7 Å². The van der Waals surface area contributed by atoms with Crippen molar-refractivity contribution in [2.75, 3.05) is 4.90 Å². The van der Waals surface area contributed by atoms with Gasteiger partial charge in [0.15, 0.2) is 5.75 Å². The normalized spacial score (nSPS) is 15.2. The molecule has 0 fully saturated rings. The molecule has 0 saturated heterocycles. The Hall–Kier alpha value is -5.14. The predicted octanol–water partition coefficient (Wildman–Crippen LogP) is 12.8. The van der Waals surface area contributed by atoms with Crippen molar-refractivity contribution in [2.45, 2.75) is 51.9 Å². The number of rotatable bonds is 4. The summed E-state index contributed by atoms with van der Waals surface area (Å²) in [4.78, 5) is 7.28. The molecular formula is C47H37NO2S2Si. The summed E-state index contributed by atoms with van der Waals surface area (Å²) in [5, 5.41) is 2.65. The van der Waals surface area contributed by atoms with E-state index in [1.165, 1.54) is 31.3 Å². The Kier molecular flexibility index (Phi) is 7.48. The first-order chi connectivity index (χ1) is 25.8. The van der Waals surface area contributed by atoms with E-state index >= 15 is 0 Å². The number of hydrogen-bond donors (Lipinski definition) is 0. The second-order valence-electron chi connectivity index (χ2n) is 14.9. The van der Waals surface area contributed by atoms with E-state index in [4.69, 9.17) is 9.47 Å². The topological polar surface area (TPSA) is 21.7 Å². The fourth-order valence-electron chi connectivity index (χ4n) is 8.23. The van der Waals surface area contributed by atoms with Gasteiger partial charge >= 0.3 is 0 Å². The van der Waals surface area contributed by atoms with Crippen molar-refractivity contribution in [3.05, 3.63) is 163 Å². The lowest BCUT2D eigenvalue weighted by atomic mass is 9.77. The van der Waals surface area contributed by atoms with Crippen LogP contribution in [0.1, 0.15) is 25.0 Å². The molecule has 3 aliphatic heterocycles. The van der Waals surface area contributed by atoms with Gasteiger partial charge in [0.2, 0.25) is 0 Å². The highest BCUT2D eigenvalue weighted by Crippen LogP contribution is 2.56. The monoisotopic (exact) mass is 739 g/mol. The summed E-state index contributed by atoms with van der Waals surface area (Å²) in [6, 6.07) is 54.7. The maximum absolute atomic E-state index is 6.96. The van der Waals surface area contributed by atoms with E-state index in [1.54, 1.807) is 11.8 Å². The van der Waals surface area contributed by atoms with E-state index in [0.717, 1.165) is 61.0 Å². The van der Waals surface area contributed by atoms with Gasteiger partial charge in [-0.2, -0.15) is 0 Å². The maximum atomic E-state index is 6.96. The van der Waals surface area contributed by atoms with Crippen LogP contribution in [0.2, 0.25) is 13.1 Å². The molecular weight excluding hydrogens is 703 g/mol. The highest BCUT2D eigenvalue weighted by atomic mass is 32.2. The molecule has 0 amide bonds. The van der Waals surface area contributed by atoms with Crippen molar-refractivity contribution >= 4 is 59.0 Å². The minimum absolute atomic E-state index is 0.159. The number of para-hydroxylation sites is 3. The zero-order valence-electron chi connectivity index (χ0n) is 30.0. The van der Waals surface area contributed by atoms with Gasteiger partial charge in [-0.3, -0.25) is 0 Å². The van der Waals surface area contributed by atoms with Crippen LogP contribution in [0.5, 0.6) is 23.0 Å². The average molecular weight is 740 g/mol. The molecule has 3 heterocycles. The third kappa shape index (κ3) is 5.11. The van der Waals surface area contributed by atoms with Crippen molar-refractivity contribution in [3.63, 3.8) is 0 Å². The van der Waals surface area contributed by atoms with Crippen LogP contribution >= 0.6 is 23.5 Å². The largest absolute Gasteiger partial charge is 0.455 e. The lowest BCUT2D eigenvalue weighted by Gasteiger charge is -2.39. The molecule has 7 aromatic carbocycles. The van der Waals surface area contributed by atoms with E-state index in [-0.39, 0.29) is 5.41 Å². The summed E-state index contributed by atoms with van der Waals surface area (Å²) >= 11 is 3.65. The lowest BCUT2D eigenvalue weighted by Crippen LogP contribution is -2.56. The molecule has 6 heteroatoms. The molecule has 0 aromatic heterocycles. The van der Waals surface area contributed by atoms with Gasteiger partial charge in [-0.1, -0.05) is 148 Å². The first kappa shape index (κ1) is 32.5. The first-order valence-corrected chi connectivity index (χ1v) is 22.7.